The number of tetrazole rings is 1. The van der Waals surface area contributed by atoms with Gasteiger partial charge in [0.15, 0.2) is 5.82 Å². The van der Waals surface area contributed by atoms with Crippen LogP contribution in [0.3, 0.4) is 0 Å². The van der Waals surface area contributed by atoms with Crippen molar-refractivity contribution in [3.63, 3.8) is 0 Å². The number of Topliss-reactive ketones (excluding diaryl/α,β-unsaturated/α-hetero) is 1. The smallest absolute Gasteiger partial charge is 0.174 e. The summed E-state index contributed by atoms with van der Waals surface area (Å²) in [5, 5.41) is 34.7. The SMILES string of the molecule is O=C1C[C@@H](O)[C@@H](C(O)=CCCCc2ccccc2)[C@H]1C/C=C\CCCc1nn[nH]n1. The van der Waals surface area contributed by atoms with Gasteiger partial charge in [0.2, 0.25) is 0 Å². The van der Waals surface area contributed by atoms with Crippen molar-refractivity contribution < 1.29 is 15.0 Å². The van der Waals surface area contributed by atoms with Gasteiger partial charge in [-0.1, -0.05) is 47.7 Å². The van der Waals surface area contributed by atoms with Crippen LogP contribution in [-0.2, 0) is 17.6 Å². The van der Waals surface area contributed by atoms with E-state index in [2.05, 4.69) is 32.8 Å². The molecule has 1 saturated carbocycles. The number of ketones is 1. The third-order valence-electron chi connectivity index (χ3n) is 5.60. The van der Waals surface area contributed by atoms with Crippen molar-refractivity contribution in [3.05, 3.63) is 65.7 Å². The van der Waals surface area contributed by atoms with Crippen LogP contribution in [0.1, 0.15) is 49.9 Å². The Balaban J connectivity index is 1.45. The van der Waals surface area contributed by atoms with Crippen molar-refractivity contribution in [1.82, 2.24) is 20.6 Å². The van der Waals surface area contributed by atoms with E-state index in [0.717, 1.165) is 38.5 Å². The molecule has 1 aromatic carbocycles. The predicted molar refractivity (Wildman–Crippen MR) is 114 cm³/mol. The molecular weight excluding hydrogens is 380 g/mol. The fraction of sp³-hybridized carbons (Fsp3) is 0.478. The Hall–Kier alpha value is -2.80. The summed E-state index contributed by atoms with van der Waals surface area (Å²) in [7, 11) is 0. The van der Waals surface area contributed by atoms with Gasteiger partial charge in [0, 0.05) is 18.8 Å². The van der Waals surface area contributed by atoms with Crippen molar-refractivity contribution in [2.24, 2.45) is 11.8 Å². The molecule has 160 valence electrons. The minimum absolute atomic E-state index is 0.0215. The van der Waals surface area contributed by atoms with Crippen LogP contribution >= 0.6 is 0 Å². The van der Waals surface area contributed by atoms with Gasteiger partial charge in [-0.2, -0.15) is 5.21 Å². The molecule has 0 amide bonds. The van der Waals surface area contributed by atoms with Crippen molar-refractivity contribution in [1.29, 1.82) is 0 Å². The number of hydrogen-bond donors (Lipinski definition) is 3. The fourth-order valence-electron chi connectivity index (χ4n) is 4.00. The number of unbranched alkanes of at least 4 members (excludes halogenated alkanes) is 2. The Kier molecular flexibility index (Phi) is 8.32. The van der Waals surface area contributed by atoms with Crippen LogP contribution in [0.2, 0.25) is 0 Å². The summed E-state index contributed by atoms with van der Waals surface area (Å²) in [4.78, 5) is 12.3. The molecule has 3 N–H and O–H groups in total. The van der Waals surface area contributed by atoms with Gasteiger partial charge >= 0.3 is 0 Å². The van der Waals surface area contributed by atoms with Crippen molar-refractivity contribution in [3.8, 4) is 0 Å². The summed E-state index contributed by atoms with van der Waals surface area (Å²) in [6, 6.07) is 10.2. The number of benzene rings is 1. The topological polar surface area (TPSA) is 112 Å². The molecule has 0 spiro atoms. The Morgan fingerprint density at radius 3 is 2.70 bits per heavy atom. The van der Waals surface area contributed by atoms with Gasteiger partial charge in [0.1, 0.15) is 5.78 Å². The highest BCUT2D eigenvalue weighted by Crippen LogP contribution is 2.36. The first-order chi connectivity index (χ1) is 14.6. The lowest BCUT2D eigenvalue weighted by Gasteiger charge is -2.19. The van der Waals surface area contributed by atoms with Crippen LogP contribution in [0, 0.1) is 11.8 Å². The van der Waals surface area contributed by atoms with Gasteiger partial charge in [-0.25, -0.2) is 0 Å². The molecule has 7 nitrogen and oxygen atoms in total. The molecule has 3 atom stereocenters. The maximum atomic E-state index is 12.3. The van der Waals surface area contributed by atoms with E-state index >= 15 is 0 Å². The molecule has 2 aromatic rings. The standard InChI is InChI=1S/C23H30N4O3/c28-19(14-9-8-12-17-10-4-3-5-11-17)23-18(20(29)16-21(23)30)13-6-1-2-7-15-22-24-26-27-25-22/h1,3-6,10-11,14,18,21,23,28,30H,2,7-9,12-13,15-16H2,(H,24,25,26,27)/b6-1-,19-14?/t18-,21+,23+/m0/s1. The number of allylic oxidation sites excluding steroid dienone is 3. The van der Waals surface area contributed by atoms with Crippen LogP contribution < -0.4 is 0 Å². The van der Waals surface area contributed by atoms with Gasteiger partial charge in [-0.05, 0) is 50.2 Å². The van der Waals surface area contributed by atoms with E-state index in [1.807, 2.05) is 30.4 Å². The number of rotatable bonds is 11. The molecule has 0 bridgehead atoms. The molecule has 1 fully saturated rings. The highest BCUT2D eigenvalue weighted by molar-refractivity contribution is 5.85. The third-order valence-corrected chi connectivity index (χ3v) is 5.60. The lowest BCUT2D eigenvalue weighted by atomic mass is 9.88. The van der Waals surface area contributed by atoms with Crippen LogP contribution in [0.4, 0.5) is 0 Å². The second-order valence-electron chi connectivity index (χ2n) is 7.80. The first kappa shape index (κ1) is 21.9. The number of H-pyrrole nitrogens is 1. The average molecular weight is 411 g/mol. The normalized spacial score (nSPS) is 22.2. The van der Waals surface area contributed by atoms with Gasteiger partial charge in [-0.3, -0.25) is 4.79 Å². The summed E-state index contributed by atoms with van der Waals surface area (Å²) in [6.45, 7) is 0. The quantitative estimate of drug-likeness (QED) is 0.297. The third kappa shape index (κ3) is 6.35. The Morgan fingerprint density at radius 2 is 1.93 bits per heavy atom. The number of nitrogens with one attached hydrogen (secondary N) is 1. The number of aryl methyl sites for hydroxylation is 2. The number of hydrogen-bond acceptors (Lipinski definition) is 6. The molecule has 30 heavy (non-hydrogen) atoms. The minimum atomic E-state index is -0.806. The molecule has 1 aliphatic carbocycles. The zero-order valence-corrected chi connectivity index (χ0v) is 17.2. The average Bonchev–Trinajstić information content (AvgIpc) is 3.36. The fourth-order valence-corrected chi connectivity index (χ4v) is 4.00. The summed E-state index contributed by atoms with van der Waals surface area (Å²) >= 11 is 0. The summed E-state index contributed by atoms with van der Waals surface area (Å²) in [5.41, 5.74) is 1.27. The molecular formula is C23H30N4O3. The number of nitrogens with zero attached hydrogens (tertiary/aromatic N) is 3. The molecule has 0 radical (unpaired) electrons. The van der Waals surface area contributed by atoms with Crippen LogP contribution in [-0.4, -0.2) is 42.7 Å². The van der Waals surface area contributed by atoms with Gasteiger partial charge < -0.3 is 10.2 Å². The molecule has 1 aromatic heterocycles. The molecule has 3 rings (SSSR count). The largest absolute Gasteiger partial charge is 0.512 e. The van der Waals surface area contributed by atoms with Crippen LogP contribution in [0.15, 0.2) is 54.3 Å². The summed E-state index contributed by atoms with van der Waals surface area (Å²) in [6.07, 6.45) is 10.7. The van der Waals surface area contributed by atoms with Gasteiger partial charge in [-0.15, -0.1) is 10.2 Å². The van der Waals surface area contributed by atoms with E-state index in [-0.39, 0.29) is 23.9 Å². The minimum Gasteiger partial charge on any atom is -0.512 e. The number of aromatic amines is 1. The van der Waals surface area contributed by atoms with E-state index in [9.17, 15) is 15.0 Å². The Morgan fingerprint density at radius 1 is 1.13 bits per heavy atom. The molecule has 7 heteroatoms. The Bertz CT molecular complexity index is 833. The van der Waals surface area contributed by atoms with Gasteiger partial charge in [0.25, 0.3) is 0 Å². The molecule has 1 heterocycles. The highest BCUT2D eigenvalue weighted by Gasteiger charge is 2.42. The zero-order chi connectivity index (χ0) is 21.2. The highest BCUT2D eigenvalue weighted by atomic mass is 16.3. The summed E-state index contributed by atoms with van der Waals surface area (Å²) < 4.78 is 0. The zero-order valence-electron chi connectivity index (χ0n) is 17.2. The second-order valence-corrected chi connectivity index (χ2v) is 7.80. The molecule has 0 aliphatic heterocycles. The monoisotopic (exact) mass is 410 g/mol. The molecule has 1 aliphatic rings. The first-order valence-electron chi connectivity index (χ1n) is 10.7. The number of aliphatic hydroxyl groups excluding tert-OH is 2. The predicted octanol–water partition coefficient (Wildman–Crippen LogP) is 3.50. The number of carbonyl (C=O) groups is 1. The Labute approximate surface area is 176 Å². The van der Waals surface area contributed by atoms with E-state index in [1.165, 1.54) is 5.56 Å². The first-order valence-corrected chi connectivity index (χ1v) is 10.7. The van der Waals surface area contributed by atoms with Crippen molar-refractivity contribution in [2.45, 2.75) is 57.5 Å². The lowest BCUT2D eigenvalue weighted by molar-refractivity contribution is -0.121. The van der Waals surface area contributed by atoms with Crippen molar-refractivity contribution in [2.75, 3.05) is 0 Å². The lowest BCUT2D eigenvalue weighted by Crippen LogP contribution is -2.22. The maximum Gasteiger partial charge on any atom is 0.174 e. The number of aliphatic hydroxyl groups is 2. The van der Waals surface area contributed by atoms with Crippen molar-refractivity contribution >= 4 is 5.78 Å². The van der Waals surface area contributed by atoms with E-state index in [4.69, 9.17) is 0 Å². The molecule has 0 unspecified atom stereocenters. The molecule has 0 saturated heterocycles. The van der Waals surface area contributed by atoms with Crippen LogP contribution in [0.25, 0.3) is 0 Å². The van der Waals surface area contributed by atoms with E-state index in [1.54, 1.807) is 6.08 Å². The summed E-state index contributed by atoms with van der Waals surface area (Å²) in [5.74, 6) is 0.00187. The van der Waals surface area contributed by atoms with E-state index < -0.39 is 12.0 Å². The maximum absolute atomic E-state index is 12.3. The second kappa shape index (κ2) is 11.4. The number of carbonyl (C=O) groups excluding carboxylic acids is 1. The van der Waals surface area contributed by atoms with Crippen LogP contribution in [0.5, 0.6) is 0 Å². The van der Waals surface area contributed by atoms with E-state index in [0.29, 0.717) is 12.2 Å². The van der Waals surface area contributed by atoms with Gasteiger partial charge in [0.05, 0.1) is 17.8 Å². The number of aromatic nitrogens is 4.